The first-order valence-corrected chi connectivity index (χ1v) is 2.48. The van der Waals surface area contributed by atoms with Gasteiger partial charge in [-0.1, -0.05) is 0 Å². The molecule has 0 aromatic heterocycles. The molecule has 0 aromatic carbocycles. The van der Waals surface area contributed by atoms with Crippen molar-refractivity contribution >= 4 is 6.02 Å². The molecule has 0 rings (SSSR count). The Morgan fingerprint density at radius 3 is 2.00 bits per heavy atom. The van der Waals surface area contributed by atoms with Crippen molar-refractivity contribution in [3.63, 3.8) is 0 Å². The van der Waals surface area contributed by atoms with Crippen molar-refractivity contribution in [2.24, 2.45) is 0 Å². The van der Waals surface area contributed by atoms with Gasteiger partial charge in [0.25, 0.3) is 0 Å². The van der Waals surface area contributed by atoms with E-state index in [1.807, 2.05) is 25.7 Å². The first-order valence-electron chi connectivity index (χ1n) is 2.48. The summed E-state index contributed by atoms with van der Waals surface area (Å²) < 4.78 is 6.75. The van der Waals surface area contributed by atoms with Crippen LogP contribution in [0.25, 0.3) is 0 Å². The molecule has 0 radical (unpaired) electrons. The van der Waals surface area contributed by atoms with E-state index in [1.54, 1.807) is 7.11 Å². The van der Waals surface area contributed by atoms with Gasteiger partial charge in [-0.2, -0.15) is 0 Å². The zero-order chi connectivity index (χ0) is 6.57. The topological polar surface area (TPSA) is 24.3 Å². The molecule has 0 atom stereocenters. The fraction of sp³-hybridized carbons (Fsp3) is 0.800. The predicted molar refractivity (Wildman–Crippen MR) is 33.2 cm³/mol. The summed E-state index contributed by atoms with van der Waals surface area (Å²) in [7, 11) is 7.27. The molecule has 0 heterocycles. The third-order valence-corrected chi connectivity index (χ3v) is 0.813. The van der Waals surface area contributed by atoms with Gasteiger partial charge in [0, 0.05) is 0 Å². The predicted octanol–water partition coefficient (Wildman–Crippen LogP) is -0.520. The van der Waals surface area contributed by atoms with Gasteiger partial charge in [-0.05, 0) is 0 Å². The summed E-state index contributed by atoms with van der Waals surface area (Å²) in [6.07, 6.45) is 0. The van der Waals surface area contributed by atoms with Crippen molar-refractivity contribution < 1.29 is 9.31 Å². The van der Waals surface area contributed by atoms with Crippen molar-refractivity contribution in [3.8, 4) is 0 Å². The van der Waals surface area contributed by atoms with Gasteiger partial charge in [0.2, 0.25) is 0 Å². The molecule has 48 valence electrons. The SMILES string of the molecule is CNC(OC)=[N+](C)C. The molecule has 3 heteroatoms. The largest absolute Gasteiger partial charge is 0.443 e. The first-order chi connectivity index (χ1) is 3.72. The van der Waals surface area contributed by atoms with Crippen LogP contribution in [-0.4, -0.2) is 38.9 Å². The second kappa shape index (κ2) is 3.29. The summed E-state index contributed by atoms with van der Waals surface area (Å²) in [5.74, 6) is 0. The lowest BCUT2D eigenvalue weighted by Crippen LogP contribution is -2.28. The molecule has 8 heavy (non-hydrogen) atoms. The van der Waals surface area contributed by atoms with Gasteiger partial charge in [0.1, 0.15) is 0 Å². The minimum atomic E-state index is 0.769. The van der Waals surface area contributed by atoms with E-state index >= 15 is 0 Å². The third-order valence-electron chi connectivity index (χ3n) is 0.813. The van der Waals surface area contributed by atoms with Gasteiger partial charge in [0.15, 0.2) is 0 Å². The molecule has 0 aromatic rings. The Kier molecular flexibility index (Phi) is 2.99. The molecular weight excluding hydrogens is 104 g/mol. The lowest BCUT2D eigenvalue weighted by atomic mass is 10.9. The van der Waals surface area contributed by atoms with Crippen LogP contribution in [0, 0.1) is 0 Å². The number of ether oxygens (including phenoxy) is 1. The van der Waals surface area contributed by atoms with E-state index in [4.69, 9.17) is 4.74 Å². The molecule has 0 spiro atoms. The van der Waals surface area contributed by atoms with E-state index in [0.29, 0.717) is 0 Å². The lowest BCUT2D eigenvalue weighted by Gasteiger charge is -1.97. The second-order valence-electron chi connectivity index (χ2n) is 1.65. The lowest BCUT2D eigenvalue weighted by molar-refractivity contribution is -0.476. The highest BCUT2D eigenvalue weighted by atomic mass is 16.5. The molecule has 0 fully saturated rings. The summed E-state index contributed by atoms with van der Waals surface area (Å²) in [4.78, 5) is 0. The fourth-order valence-corrected chi connectivity index (χ4v) is 0.508. The highest BCUT2D eigenvalue weighted by molar-refractivity contribution is 5.67. The molecule has 0 bridgehead atoms. The number of rotatable bonds is 0. The quantitative estimate of drug-likeness (QED) is 0.262. The molecule has 1 N–H and O–H groups in total. The summed E-state index contributed by atoms with van der Waals surface area (Å²) >= 11 is 0. The standard InChI is InChI=1S/C5H12N2O/c1-6-5(8-4)7(2)3/h1-4H3/p+1. The van der Waals surface area contributed by atoms with Crippen molar-refractivity contribution in [3.05, 3.63) is 0 Å². The Hall–Kier alpha value is -0.730. The highest BCUT2D eigenvalue weighted by Gasteiger charge is 1.99. The Morgan fingerprint density at radius 1 is 1.50 bits per heavy atom. The number of methoxy groups -OCH3 is 1. The molecule has 0 unspecified atom stereocenters. The third kappa shape index (κ3) is 1.82. The van der Waals surface area contributed by atoms with Crippen molar-refractivity contribution in [1.82, 2.24) is 5.32 Å². The van der Waals surface area contributed by atoms with Crippen LogP contribution in [0.3, 0.4) is 0 Å². The Bertz CT molecular complexity index is 88.6. The number of hydrogen-bond donors (Lipinski definition) is 1. The molecule has 3 nitrogen and oxygen atoms in total. The average molecular weight is 117 g/mol. The Balaban J connectivity index is 3.86. The summed E-state index contributed by atoms with van der Waals surface area (Å²) in [6, 6.07) is 0.769. The average Bonchev–Trinajstić information content (AvgIpc) is 1.69. The maximum atomic E-state index is 4.89. The van der Waals surface area contributed by atoms with Gasteiger partial charge in [-0.15, -0.1) is 0 Å². The van der Waals surface area contributed by atoms with Gasteiger partial charge in [-0.3, -0.25) is 0 Å². The summed E-state index contributed by atoms with van der Waals surface area (Å²) in [5.41, 5.74) is 0. The number of nitrogens with one attached hydrogen (secondary N) is 1. The fourth-order valence-electron chi connectivity index (χ4n) is 0.508. The van der Waals surface area contributed by atoms with Crippen LogP contribution in [0.4, 0.5) is 0 Å². The molecule has 0 saturated heterocycles. The summed E-state index contributed by atoms with van der Waals surface area (Å²) in [6.45, 7) is 0. The van der Waals surface area contributed by atoms with Crippen LogP contribution in [0.15, 0.2) is 0 Å². The molecular formula is C5H13N2O+. The van der Waals surface area contributed by atoms with Crippen molar-refractivity contribution in [2.75, 3.05) is 28.3 Å². The van der Waals surface area contributed by atoms with E-state index in [9.17, 15) is 0 Å². The van der Waals surface area contributed by atoms with Crippen LogP contribution in [-0.2, 0) is 4.74 Å². The maximum Gasteiger partial charge on any atom is 0.443 e. The van der Waals surface area contributed by atoms with E-state index in [1.165, 1.54) is 0 Å². The monoisotopic (exact) mass is 117 g/mol. The van der Waals surface area contributed by atoms with Crippen molar-refractivity contribution in [1.29, 1.82) is 0 Å². The normalized spacial score (nSPS) is 8.00. The molecule has 0 saturated carbocycles. The molecule has 0 aliphatic heterocycles. The molecule has 0 aliphatic carbocycles. The second-order valence-corrected chi connectivity index (χ2v) is 1.65. The minimum absolute atomic E-state index is 0.769. The van der Waals surface area contributed by atoms with Crippen molar-refractivity contribution in [2.45, 2.75) is 0 Å². The first kappa shape index (κ1) is 7.27. The van der Waals surface area contributed by atoms with Gasteiger partial charge >= 0.3 is 6.02 Å². The Morgan fingerprint density at radius 2 is 2.00 bits per heavy atom. The van der Waals surface area contributed by atoms with E-state index < -0.39 is 0 Å². The van der Waals surface area contributed by atoms with Crippen LogP contribution >= 0.6 is 0 Å². The van der Waals surface area contributed by atoms with Gasteiger partial charge in [-0.25, -0.2) is 9.89 Å². The van der Waals surface area contributed by atoms with Crippen LogP contribution in [0.5, 0.6) is 0 Å². The van der Waals surface area contributed by atoms with Crippen LogP contribution < -0.4 is 5.32 Å². The van der Waals surface area contributed by atoms with Crippen LogP contribution in [0.1, 0.15) is 0 Å². The highest BCUT2D eigenvalue weighted by Crippen LogP contribution is 1.66. The van der Waals surface area contributed by atoms with Crippen LogP contribution in [0.2, 0.25) is 0 Å². The minimum Gasteiger partial charge on any atom is -0.435 e. The maximum absolute atomic E-state index is 4.89. The Labute approximate surface area is 50.0 Å². The van der Waals surface area contributed by atoms with E-state index in [0.717, 1.165) is 6.02 Å². The molecule has 0 aliphatic rings. The number of amidine groups is 1. The number of nitrogens with zero attached hydrogens (tertiary/aromatic N) is 1. The van der Waals surface area contributed by atoms with E-state index in [2.05, 4.69) is 5.32 Å². The molecule has 0 amide bonds. The number of hydrogen-bond acceptors (Lipinski definition) is 1. The zero-order valence-corrected chi connectivity index (χ0v) is 5.86. The van der Waals surface area contributed by atoms with Gasteiger partial charge < -0.3 is 4.74 Å². The van der Waals surface area contributed by atoms with Gasteiger partial charge in [0.05, 0.1) is 28.3 Å². The zero-order valence-electron chi connectivity index (χ0n) is 5.86. The summed E-state index contributed by atoms with van der Waals surface area (Å²) in [5, 5.41) is 2.87. The van der Waals surface area contributed by atoms with E-state index in [-0.39, 0.29) is 0 Å². The smallest absolute Gasteiger partial charge is 0.435 e.